The Kier molecular flexibility index (Phi) is 4.34. The van der Waals surface area contributed by atoms with Gasteiger partial charge in [0.2, 0.25) is 5.91 Å². The molecule has 0 aromatic rings. The number of rotatable bonds is 4. The number of hydrogen-bond donors (Lipinski definition) is 3. The summed E-state index contributed by atoms with van der Waals surface area (Å²) >= 11 is 0. The lowest BCUT2D eigenvalue weighted by atomic mass is 9.90. The molecule has 6 heteroatoms. The summed E-state index contributed by atoms with van der Waals surface area (Å²) in [5.74, 6) is -0.344. The molecule has 17 heavy (non-hydrogen) atoms. The molecule has 0 spiro atoms. The fourth-order valence-electron chi connectivity index (χ4n) is 1.96. The summed E-state index contributed by atoms with van der Waals surface area (Å²) in [6.07, 6.45) is 2.94. The highest BCUT2D eigenvalue weighted by atomic mass is 16.5. The number of carbonyl (C=O) groups is 1. The van der Waals surface area contributed by atoms with E-state index in [0.29, 0.717) is 0 Å². The Morgan fingerprint density at radius 1 is 1.53 bits per heavy atom. The van der Waals surface area contributed by atoms with Gasteiger partial charge >= 0.3 is 0 Å². The molecule has 0 aromatic heterocycles. The van der Waals surface area contributed by atoms with Crippen LogP contribution in [0, 0.1) is 5.41 Å². The second kappa shape index (κ2) is 5.35. The van der Waals surface area contributed by atoms with Gasteiger partial charge in [0.05, 0.1) is 12.1 Å². The molecule has 0 bridgehead atoms. The van der Waals surface area contributed by atoms with Gasteiger partial charge in [-0.2, -0.15) is 0 Å². The first-order valence-corrected chi connectivity index (χ1v) is 5.75. The summed E-state index contributed by atoms with van der Waals surface area (Å²) in [6, 6.07) is 0.0123. The Hall–Kier alpha value is -1.30. The molecule has 98 valence electrons. The van der Waals surface area contributed by atoms with E-state index in [1.54, 1.807) is 21.0 Å². The minimum atomic E-state index is -1.02. The molecule has 0 heterocycles. The van der Waals surface area contributed by atoms with Gasteiger partial charge in [0.25, 0.3) is 0 Å². The summed E-state index contributed by atoms with van der Waals surface area (Å²) in [5, 5.41) is 14.4. The van der Waals surface area contributed by atoms with Gasteiger partial charge in [-0.15, -0.1) is 0 Å². The van der Waals surface area contributed by atoms with Crippen molar-refractivity contribution in [2.75, 3.05) is 7.11 Å². The third kappa shape index (κ3) is 2.88. The van der Waals surface area contributed by atoms with Gasteiger partial charge in [-0.05, 0) is 33.1 Å². The number of carbonyl (C=O) groups excluding carboxylic acids is 1. The molecule has 1 rings (SSSR count). The topological polar surface area (TPSA) is 96.9 Å². The van der Waals surface area contributed by atoms with Crippen LogP contribution in [-0.4, -0.2) is 36.2 Å². The van der Waals surface area contributed by atoms with Crippen molar-refractivity contribution in [3.63, 3.8) is 0 Å². The van der Waals surface area contributed by atoms with Gasteiger partial charge in [0.1, 0.15) is 5.41 Å². The zero-order valence-electron chi connectivity index (χ0n) is 10.6. The molecular weight excluding hydrogens is 222 g/mol. The van der Waals surface area contributed by atoms with E-state index >= 15 is 0 Å². The minimum absolute atomic E-state index is 0.0123. The SMILES string of the molecule is COC1CCCC1NC(=O)C(C)(C)C(N)=NO. The molecule has 2 atom stereocenters. The average Bonchev–Trinajstić information content (AvgIpc) is 2.74. The van der Waals surface area contributed by atoms with Crippen molar-refractivity contribution < 1.29 is 14.7 Å². The van der Waals surface area contributed by atoms with E-state index < -0.39 is 5.41 Å². The van der Waals surface area contributed by atoms with Crippen LogP contribution in [0.4, 0.5) is 0 Å². The van der Waals surface area contributed by atoms with Crippen LogP contribution in [0.5, 0.6) is 0 Å². The lowest BCUT2D eigenvalue weighted by molar-refractivity contribution is -0.127. The summed E-state index contributed by atoms with van der Waals surface area (Å²) < 4.78 is 5.30. The quantitative estimate of drug-likeness (QED) is 0.289. The maximum Gasteiger partial charge on any atom is 0.233 e. The van der Waals surface area contributed by atoms with Crippen molar-refractivity contribution in [2.45, 2.75) is 45.3 Å². The van der Waals surface area contributed by atoms with Crippen LogP contribution in [0.15, 0.2) is 5.16 Å². The Bertz CT molecular complexity index is 315. The molecule has 1 saturated carbocycles. The number of amides is 1. The highest BCUT2D eigenvalue weighted by Gasteiger charge is 2.37. The van der Waals surface area contributed by atoms with E-state index in [0.717, 1.165) is 19.3 Å². The van der Waals surface area contributed by atoms with Gasteiger partial charge in [-0.3, -0.25) is 4.79 Å². The predicted octanol–water partition coefficient (Wildman–Crippen LogP) is 0.443. The van der Waals surface area contributed by atoms with Gasteiger partial charge in [0, 0.05) is 7.11 Å². The first kappa shape index (κ1) is 13.8. The molecule has 1 amide bonds. The summed E-state index contributed by atoms with van der Waals surface area (Å²) in [7, 11) is 1.64. The van der Waals surface area contributed by atoms with Crippen LogP contribution in [0.2, 0.25) is 0 Å². The van der Waals surface area contributed by atoms with Gasteiger partial charge < -0.3 is 21.0 Å². The molecule has 0 saturated heterocycles. The summed E-state index contributed by atoms with van der Waals surface area (Å²) in [4.78, 5) is 12.0. The van der Waals surface area contributed by atoms with Crippen LogP contribution in [0.3, 0.4) is 0 Å². The third-order valence-electron chi connectivity index (χ3n) is 3.39. The number of nitrogens with one attached hydrogen (secondary N) is 1. The Morgan fingerprint density at radius 3 is 2.71 bits per heavy atom. The molecule has 6 nitrogen and oxygen atoms in total. The lowest BCUT2D eigenvalue weighted by Crippen LogP contribution is -2.51. The number of ether oxygens (including phenoxy) is 1. The zero-order valence-corrected chi connectivity index (χ0v) is 10.6. The molecule has 1 aliphatic carbocycles. The number of nitrogens with two attached hydrogens (primary N) is 1. The monoisotopic (exact) mass is 243 g/mol. The molecule has 4 N–H and O–H groups in total. The van der Waals surface area contributed by atoms with Crippen LogP contribution in [-0.2, 0) is 9.53 Å². The van der Waals surface area contributed by atoms with Crippen LogP contribution in [0.25, 0.3) is 0 Å². The Balaban J connectivity index is 2.66. The summed E-state index contributed by atoms with van der Waals surface area (Å²) in [6.45, 7) is 3.24. The van der Waals surface area contributed by atoms with E-state index in [4.69, 9.17) is 15.7 Å². The van der Waals surface area contributed by atoms with Crippen molar-refractivity contribution in [3.05, 3.63) is 0 Å². The zero-order chi connectivity index (χ0) is 13.1. The highest BCUT2D eigenvalue weighted by Crippen LogP contribution is 2.23. The minimum Gasteiger partial charge on any atom is -0.409 e. The molecule has 1 fully saturated rings. The van der Waals surface area contributed by atoms with Crippen molar-refractivity contribution in [2.24, 2.45) is 16.3 Å². The van der Waals surface area contributed by atoms with Crippen molar-refractivity contribution in [3.8, 4) is 0 Å². The molecule has 0 radical (unpaired) electrons. The largest absolute Gasteiger partial charge is 0.409 e. The fraction of sp³-hybridized carbons (Fsp3) is 0.818. The number of methoxy groups -OCH3 is 1. The third-order valence-corrected chi connectivity index (χ3v) is 3.39. The molecule has 1 aliphatic rings. The standard InChI is InChI=1S/C11H21N3O3/c1-11(2,9(12)14-16)10(15)13-7-5-4-6-8(7)17-3/h7-8,16H,4-6H2,1-3H3,(H2,12,14)(H,13,15). The maximum atomic E-state index is 12.0. The van der Waals surface area contributed by atoms with Gasteiger partial charge in [0.15, 0.2) is 5.84 Å². The van der Waals surface area contributed by atoms with E-state index in [2.05, 4.69) is 10.5 Å². The normalized spacial score (nSPS) is 25.9. The second-order valence-electron chi connectivity index (χ2n) is 4.90. The molecule has 2 unspecified atom stereocenters. The van der Waals surface area contributed by atoms with Crippen LogP contribution < -0.4 is 11.1 Å². The number of oxime groups is 1. The van der Waals surface area contributed by atoms with E-state index in [9.17, 15) is 4.79 Å². The van der Waals surface area contributed by atoms with Crippen molar-refractivity contribution in [1.29, 1.82) is 0 Å². The first-order chi connectivity index (χ1) is 7.93. The first-order valence-electron chi connectivity index (χ1n) is 5.75. The second-order valence-corrected chi connectivity index (χ2v) is 4.90. The molecule has 0 aromatic carbocycles. The van der Waals surface area contributed by atoms with Crippen LogP contribution in [0.1, 0.15) is 33.1 Å². The predicted molar refractivity (Wildman–Crippen MR) is 63.8 cm³/mol. The fourth-order valence-corrected chi connectivity index (χ4v) is 1.96. The van der Waals surface area contributed by atoms with Gasteiger partial charge in [-0.1, -0.05) is 5.16 Å². The van der Waals surface area contributed by atoms with E-state index in [-0.39, 0.29) is 23.9 Å². The number of amidine groups is 1. The Morgan fingerprint density at radius 2 is 2.18 bits per heavy atom. The van der Waals surface area contributed by atoms with E-state index in [1.165, 1.54) is 0 Å². The average molecular weight is 243 g/mol. The number of nitrogens with zero attached hydrogens (tertiary/aromatic N) is 1. The Labute approximate surface area is 101 Å². The number of hydrogen-bond acceptors (Lipinski definition) is 4. The maximum absolute atomic E-state index is 12.0. The van der Waals surface area contributed by atoms with Crippen molar-refractivity contribution >= 4 is 11.7 Å². The van der Waals surface area contributed by atoms with Gasteiger partial charge in [-0.25, -0.2) is 0 Å². The highest BCUT2D eigenvalue weighted by molar-refractivity contribution is 6.05. The molecular formula is C11H21N3O3. The smallest absolute Gasteiger partial charge is 0.233 e. The van der Waals surface area contributed by atoms with Crippen molar-refractivity contribution in [1.82, 2.24) is 5.32 Å². The molecule has 0 aliphatic heterocycles. The van der Waals surface area contributed by atoms with E-state index in [1.807, 2.05) is 0 Å². The summed E-state index contributed by atoms with van der Waals surface area (Å²) in [5.41, 5.74) is 4.48. The van der Waals surface area contributed by atoms with Crippen LogP contribution >= 0.6 is 0 Å². The lowest BCUT2D eigenvalue weighted by Gasteiger charge is -2.26.